The molecule has 0 unspecified atom stereocenters. The summed E-state index contributed by atoms with van der Waals surface area (Å²) in [5.41, 5.74) is 16.9. The fourth-order valence-electron chi connectivity index (χ4n) is 4.46. The molecule has 0 heterocycles. The Hall–Kier alpha value is -2.34. The van der Waals surface area contributed by atoms with E-state index < -0.39 is 0 Å². The van der Waals surface area contributed by atoms with E-state index in [-0.39, 0.29) is 5.92 Å². The maximum Gasteiger partial charge on any atom is 0.0345 e. The van der Waals surface area contributed by atoms with Gasteiger partial charge in [0.1, 0.15) is 0 Å². The third-order valence-electron chi connectivity index (χ3n) is 7.04. The molecule has 3 aromatic carbocycles. The molecule has 0 aromatic heterocycles. The maximum atomic E-state index is 2.43. The number of hydrogen-bond acceptors (Lipinski definition) is 0. The molecule has 3 rings (SSSR count). The maximum absolute atomic E-state index is 2.43. The second-order valence-electron chi connectivity index (χ2n) is 8.66. The van der Waals surface area contributed by atoms with Gasteiger partial charge in [-0.05, 0) is 124 Å². The molecule has 0 aliphatic carbocycles. The van der Waals surface area contributed by atoms with Crippen LogP contribution >= 0.6 is 0 Å². The van der Waals surface area contributed by atoms with Crippen LogP contribution in [0.15, 0.2) is 36.4 Å². The highest BCUT2D eigenvalue weighted by atomic mass is 14.3. The van der Waals surface area contributed by atoms with Crippen LogP contribution in [-0.4, -0.2) is 0 Å². The molecule has 0 nitrogen and oxygen atoms in total. The van der Waals surface area contributed by atoms with Gasteiger partial charge in [-0.1, -0.05) is 42.0 Å². The molecule has 0 aliphatic heterocycles. The van der Waals surface area contributed by atoms with Crippen LogP contribution in [0.3, 0.4) is 0 Å². The van der Waals surface area contributed by atoms with Gasteiger partial charge in [-0.3, -0.25) is 0 Å². The molecule has 0 spiro atoms. The smallest absolute Gasteiger partial charge is 0.0345 e. The van der Waals surface area contributed by atoms with Gasteiger partial charge in [0.25, 0.3) is 0 Å². The Morgan fingerprint density at radius 3 is 1.39 bits per heavy atom. The van der Waals surface area contributed by atoms with Crippen LogP contribution in [0, 0.1) is 62.3 Å². The molecule has 3 aromatic rings. The zero-order valence-corrected chi connectivity index (χ0v) is 19.0. The van der Waals surface area contributed by atoms with E-state index in [0.29, 0.717) is 0 Å². The molecule has 0 fully saturated rings. The first kappa shape index (κ1) is 20.4. The Labute approximate surface area is 171 Å². The minimum absolute atomic E-state index is 0.260. The predicted molar refractivity (Wildman–Crippen MR) is 123 cm³/mol. The molecule has 0 aliphatic rings. The Bertz CT molecular complexity index is 987. The minimum atomic E-state index is 0.260. The highest BCUT2D eigenvalue weighted by Crippen LogP contribution is 2.39. The van der Waals surface area contributed by atoms with Gasteiger partial charge in [-0.25, -0.2) is 0 Å². The largest absolute Gasteiger partial charge is 0.0617 e. The molecule has 0 N–H and O–H groups in total. The van der Waals surface area contributed by atoms with Crippen LogP contribution in [-0.2, 0) is 0 Å². The van der Waals surface area contributed by atoms with E-state index in [1.54, 1.807) is 0 Å². The van der Waals surface area contributed by atoms with Crippen molar-refractivity contribution >= 4 is 0 Å². The number of rotatable bonds is 3. The summed E-state index contributed by atoms with van der Waals surface area (Å²) in [4.78, 5) is 0. The summed E-state index contributed by atoms with van der Waals surface area (Å²) in [6.07, 6.45) is 0. The molecule has 0 atom stereocenters. The standard InChI is InChI=1S/C28H34/c1-16-11-10-12-25(13-16)28(26-14-17(2)19(4)21(6)23(26)8)27-15-18(3)20(5)22(7)24(27)9/h10-15,28H,1-9H3. The molecule has 0 bridgehead atoms. The molecule has 146 valence electrons. The van der Waals surface area contributed by atoms with E-state index in [0.717, 1.165) is 0 Å². The zero-order valence-electron chi connectivity index (χ0n) is 19.0. The van der Waals surface area contributed by atoms with E-state index in [9.17, 15) is 0 Å². The van der Waals surface area contributed by atoms with Crippen LogP contribution < -0.4 is 0 Å². The summed E-state index contributed by atoms with van der Waals surface area (Å²) < 4.78 is 0. The predicted octanol–water partition coefficient (Wildman–Crippen LogP) is 7.64. The van der Waals surface area contributed by atoms with Crippen molar-refractivity contribution in [3.8, 4) is 0 Å². The summed E-state index contributed by atoms with van der Waals surface area (Å²) in [5.74, 6) is 0.260. The Kier molecular flexibility index (Phi) is 5.53. The summed E-state index contributed by atoms with van der Waals surface area (Å²) in [7, 11) is 0. The van der Waals surface area contributed by atoms with Crippen LogP contribution in [0.4, 0.5) is 0 Å². The number of aryl methyl sites for hydroxylation is 3. The average molecular weight is 371 g/mol. The van der Waals surface area contributed by atoms with Crippen molar-refractivity contribution < 1.29 is 0 Å². The van der Waals surface area contributed by atoms with Gasteiger partial charge in [-0.2, -0.15) is 0 Å². The van der Waals surface area contributed by atoms with Crippen molar-refractivity contribution in [3.05, 3.63) is 103 Å². The number of hydrogen-bond donors (Lipinski definition) is 0. The highest BCUT2D eigenvalue weighted by molar-refractivity contribution is 5.56. The third-order valence-corrected chi connectivity index (χ3v) is 7.04. The lowest BCUT2D eigenvalue weighted by Gasteiger charge is -2.27. The fourth-order valence-corrected chi connectivity index (χ4v) is 4.46. The van der Waals surface area contributed by atoms with Crippen molar-refractivity contribution in [1.29, 1.82) is 0 Å². The topological polar surface area (TPSA) is 0 Å². The molecule has 28 heavy (non-hydrogen) atoms. The zero-order chi connectivity index (χ0) is 20.7. The second-order valence-corrected chi connectivity index (χ2v) is 8.66. The molecular weight excluding hydrogens is 336 g/mol. The second kappa shape index (κ2) is 7.59. The third kappa shape index (κ3) is 3.41. The van der Waals surface area contributed by atoms with Crippen LogP contribution in [0.5, 0.6) is 0 Å². The van der Waals surface area contributed by atoms with Crippen LogP contribution in [0.2, 0.25) is 0 Å². The quantitative estimate of drug-likeness (QED) is 0.415. The first-order valence-electron chi connectivity index (χ1n) is 10.3. The van der Waals surface area contributed by atoms with Gasteiger partial charge < -0.3 is 0 Å². The molecule has 0 saturated carbocycles. The van der Waals surface area contributed by atoms with E-state index in [4.69, 9.17) is 0 Å². The Morgan fingerprint density at radius 1 is 0.500 bits per heavy atom. The molecule has 0 amide bonds. The summed E-state index contributed by atoms with van der Waals surface area (Å²) in [5, 5.41) is 0. The van der Waals surface area contributed by atoms with Gasteiger partial charge in [-0.15, -0.1) is 0 Å². The molecule has 0 saturated heterocycles. The highest BCUT2D eigenvalue weighted by Gasteiger charge is 2.24. The monoisotopic (exact) mass is 370 g/mol. The van der Waals surface area contributed by atoms with E-state index in [2.05, 4.69) is 98.7 Å². The van der Waals surface area contributed by atoms with Crippen molar-refractivity contribution in [2.75, 3.05) is 0 Å². The lowest BCUT2D eigenvalue weighted by molar-refractivity contribution is 0.925. The Morgan fingerprint density at radius 2 is 0.964 bits per heavy atom. The van der Waals surface area contributed by atoms with Crippen molar-refractivity contribution in [1.82, 2.24) is 0 Å². The average Bonchev–Trinajstić information content (AvgIpc) is 2.66. The minimum Gasteiger partial charge on any atom is -0.0617 e. The van der Waals surface area contributed by atoms with E-state index in [1.165, 1.54) is 66.8 Å². The van der Waals surface area contributed by atoms with Crippen molar-refractivity contribution in [3.63, 3.8) is 0 Å². The summed E-state index contributed by atoms with van der Waals surface area (Å²) in [6.45, 7) is 20.3. The van der Waals surface area contributed by atoms with Gasteiger partial charge in [0.05, 0.1) is 0 Å². The van der Waals surface area contributed by atoms with Crippen molar-refractivity contribution in [2.24, 2.45) is 0 Å². The van der Waals surface area contributed by atoms with Gasteiger partial charge in [0.2, 0.25) is 0 Å². The van der Waals surface area contributed by atoms with Crippen LogP contribution in [0.1, 0.15) is 72.7 Å². The van der Waals surface area contributed by atoms with E-state index in [1.807, 2.05) is 0 Å². The first-order chi connectivity index (χ1) is 13.1. The first-order valence-corrected chi connectivity index (χ1v) is 10.3. The lowest BCUT2D eigenvalue weighted by atomic mass is 9.77. The SMILES string of the molecule is Cc1cccc(C(c2cc(C)c(C)c(C)c2C)c2cc(C)c(C)c(C)c2C)c1. The molecule has 0 heteroatoms. The fraction of sp³-hybridized carbons (Fsp3) is 0.357. The van der Waals surface area contributed by atoms with Gasteiger partial charge in [0, 0.05) is 5.92 Å². The number of benzene rings is 3. The lowest BCUT2D eigenvalue weighted by Crippen LogP contribution is -2.11. The van der Waals surface area contributed by atoms with Gasteiger partial charge in [0.15, 0.2) is 0 Å². The normalized spacial score (nSPS) is 11.4. The van der Waals surface area contributed by atoms with Gasteiger partial charge >= 0.3 is 0 Å². The molecule has 0 radical (unpaired) electrons. The Balaban J connectivity index is 2.40. The molecular formula is C28H34. The summed E-state index contributed by atoms with van der Waals surface area (Å²) in [6, 6.07) is 13.9. The van der Waals surface area contributed by atoms with E-state index >= 15 is 0 Å². The summed E-state index contributed by atoms with van der Waals surface area (Å²) >= 11 is 0. The van der Waals surface area contributed by atoms with Crippen molar-refractivity contribution in [2.45, 2.75) is 68.2 Å². The van der Waals surface area contributed by atoms with Crippen LogP contribution in [0.25, 0.3) is 0 Å².